The molecule has 0 spiro atoms. The summed E-state index contributed by atoms with van der Waals surface area (Å²) in [7, 11) is 1.65. The summed E-state index contributed by atoms with van der Waals surface area (Å²) >= 11 is 1.73. The largest absolute Gasteiger partial charge is 0.389 e. The van der Waals surface area contributed by atoms with E-state index in [9.17, 15) is 5.11 Å². The van der Waals surface area contributed by atoms with Gasteiger partial charge >= 0.3 is 0 Å². The molecule has 3 nitrogen and oxygen atoms in total. The Morgan fingerprint density at radius 1 is 1.62 bits per heavy atom. The van der Waals surface area contributed by atoms with Crippen LogP contribution in [0.3, 0.4) is 0 Å². The van der Waals surface area contributed by atoms with Gasteiger partial charge in [-0.1, -0.05) is 6.07 Å². The number of hydrogen-bond acceptors (Lipinski definition) is 4. The first kappa shape index (κ1) is 13.6. The molecule has 1 aromatic rings. The third kappa shape index (κ3) is 4.61. The average molecular weight is 243 g/mol. The van der Waals surface area contributed by atoms with Crippen LogP contribution in [0.4, 0.5) is 0 Å². The Morgan fingerprint density at radius 3 is 2.94 bits per heavy atom. The molecule has 1 aromatic heterocycles. The molecular weight excluding hydrogens is 222 g/mol. The van der Waals surface area contributed by atoms with Gasteiger partial charge in [-0.05, 0) is 25.3 Å². The maximum atomic E-state index is 10.1. The van der Waals surface area contributed by atoms with Gasteiger partial charge in [-0.25, -0.2) is 0 Å². The standard InChI is InChI=1S/C12H21NO2S/c1-10(11-5-4-8-16-11)13-9-12(2,14)6-7-15-3/h4-5,8,10,13-14H,6-7,9H2,1-3H3. The highest BCUT2D eigenvalue weighted by atomic mass is 32.1. The van der Waals surface area contributed by atoms with Gasteiger partial charge in [-0.2, -0.15) is 0 Å². The first-order valence-electron chi connectivity index (χ1n) is 5.53. The minimum absolute atomic E-state index is 0.286. The van der Waals surface area contributed by atoms with E-state index >= 15 is 0 Å². The van der Waals surface area contributed by atoms with Gasteiger partial charge in [-0.3, -0.25) is 0 Å². The molecule has 2 N–H and O–H groups in total. The lowest BCUT2D eigenvalue weighted by molar-refractivity contribution is 0.0232. The van der Waals surface area contributed by atoms with E-state index in [2.05, 4.69) is 23.7 Å². The number of methoxy groups -OCH3 is 1. The first-order chi connectivity index (χ1) is 7.55. The van der Waals surface area contributed by atoms with Crippen molar-refractivity contribution in [1.29, 1.82) is 0 Å². The van der Waals surface area contributed by atoms with Crippen molar-refractivity contribution >= 4 is 11.3 Å². The average Bonchev–Trinajstić information content (AvgIpc) is 2.77. The van der Waals surface area contributed by atoms with Crippen LogP contribution in [0, 0.1) is 0 Å². The smallest absolute Gasteiger partial charge is 0.0765 e. The van der Waals surface area contributed by atoms with Crippen LogP contribution >= 0.6 is 11.3 Å². The summed E-state index contributed by atoms with van der Waals surface area (Å²) in [6.45, 7) is 5.11. The lowest BCUT2D eigenvalue weighted by Gasteiger charge is -2.25. The molecule has 0 radical (unpaired) electrons. The zero-order valence-electron chi connectivity index (χ0n) is 10.2. The molecule has 0 amide bonds. The van der Waals surface area contributed by atoms with Crippen LogP contribution in [0.1, 0.15) is 31.2 Å². The van der Waals surface area contributed by atoms with E-state index < -0.39 is 5.60 Å². The van der Waals surface area contributed by atoms with Crippen LogP contribution in [0.25, 0.3) is 0 Å². The second-order valence-electron chi connectivity index (χ2n) is 4.36. The number of ether oxygens (including phenoxy) is 1. The monoisotopic (exact) mass is 243 g/mol. The van der Waals surface area contributed by atoms with E-state index in [0.29, 0.717) is 19.6 Å². The fraction of sp³-hybridized carbons (Fsp3) is 0.667. The van der Waals surface area contributed by atoms with Crippen molar-refractivity contribution in [3.8, 4) is 0 Å². The first-order valence-corrected chi connectivity index (χ1v) is 6.41. The van der Waals surface area contributed by atoms with E-state index in [-0.39, 0.29) is 6.04 Å². The SMILES string of the molecule is COCCC(C)(O)CNC(C)c1cccs1. The molecule has 2 atom stereocenters. The number of rotatable bonds is 7. The molecular formula is C12H21NO2S. The van der Waals surface area contributed by atoms with Crippen LogP contribution in [0.5, 0.6) is 0 Å². The molecule has 0 fully saturated rings. The summed E-state index contributed by atoms with van der Waals surface area (Å²) in [5.41, 5.74) is -0.707. The molecule has 4 heteroatoms. The normalized spacial score (nSPS) is 17.0. The van der Waals surface area contributed by atoms with Gasteiger partial charge in [-0.15, -0.1) is 11.3 Å². The minimum atomic E-state index is -0.707. The third-order valence-corrected chi connectivity index (χ3v) is 3.66. The lowest BCUT2D eigenvalue weighted by Crippen LogP contribution is -2.39. The van der Waals surface area contributed by atoms with Gasteiger partial charge in [0, 0.05) is 37.6 Å². The number of nitrogens with one attached hydrogen (secondary N) is 1. The number of aliphatic hydroxyl groups is 1. The van der Waals surface area contributed by atoms with Gasteiger partial charge in [0.05, 0.1) is 5.60 Å². The zero-order valence-corrected chi connectivity index (χ0v) is 11.0. The second-order valence-corrected chi connectivity index (χ2v) is 5.34. The maximum Gasteiger partial charge on any atom is 0.0765 e. The highest BCUT2D eigenvalue weighted by Crippen LogP contribution is 2.19. The Kier molecular flexibility index (Phi) is 5.41. The predicted octanol–water partition coefficient (Wildman–Crippen LogP) is 2.19. The van der Waals surface area contributed by atoms with Crippen LogP contribution < -0.4 is 5.32 Å². The minimum Gasteiger partial charge on any atom is -0.389 e. The molecule has 0 aromatic carbocycles. The molecule has 0 bridgehead atoms. The Balaban J connectivity index is 2.33. The topological polar surface area (TPSA) is 41.5 Å². The molecule has 0 saturated carbocycles. The van der Waals surface area contributed by atoms with Gasteiger partial charge in [0.25, 0.3) is 0 Å². The lowest BCUT2D eigenvalue weighted by atomic mass is 10.0. The Labute approximate surface area is 101 Å². The Bertz CT molecular complexity index is 285. The molecule has 2 unspecified atom stereocenters. The molecule has 0 saturated heterocycles. The molecule has 1 heterocycles. The molecule has 92 valence electrons. The van der Waals surface area contributed by atoms with Gasteiger partial charge in [0.1, 0.15) is 0 Å². The molecule has 0 aliphatic rings. The van der Waals surface area contributed by atoms with Gasteiger partial charge in [0.15, 0.2) is 0 Å². The van der Waals surface area contributed by atoms with Crippen molar-refractivity contribution in [2.24, 2.45) is 0 Å². The second kappa shape index (κ2) is 6.35. The molecule has 16 heavy (non-hydrogen) atoms. The summed E-state index contributed by atoms with van der Waals surface area (Å²) in [5.74, 6) is 0. The third-order valence-electron chi connectivity index (χ3n) is 2.60. The van der Waals surface area contributed by atoms with Crippen molar-refractivity contribution in [2.75, 3.05) is 20.3 Å². The van der Waals surface area contributed by atoms with E-state index in [4.69, 9.17) is 4.74 Å². The van der Waals surface area contributed by atoms with Crippen LogP contribution in [0.15, 0.2) is 17.5 Å². The van der Waals surface area contributed by atoms with Crippen molar-refractivity contribution in [3.05, 3.63) is 22.4 Å². The summed E-state index contributed by atoms with van der Waals surface area (Å²) in [5, 5.41) is 15.5. The van der Waals surface area contributed by atoms with Crippen molar-refractivity contribution in [2.45, 2.75) is 31.9 Å². The van der Waals surface area contributed by atoms with Gasteiger partial charge < -0.3 is 15.2 Å². The van der Waals surface area contributed by atoms with Gasteiger partial charge in [0.2, 0.25) is 0 Å². The summed E-state index contributed by atoms with van der Waals surface area (Å²) in [6.07, 6.45) is 0.646. The van der Waals surface area contributed by atoms with E-state index in [1.807, 2.05) is 13.0 Å². The Hall–Kier alpha value is -0.420. The molecule has 1 rings (SSSR count). The highest BCUT2D eigenvalue weighted by Gasteiger charge is 2.20. The predicted molar refractivity (Wildman–Crippen MR) is 67.9 cm³/mol. The number of thiophene rings is 1. The zero-order chi connectivity index (χ0) is 12.0. The van der Waals surface area contributed by atoms with Crippen molar-refractivity contribution in [3.63, 3.8) is 0 Å². The summed E-state index contributed by atoms with van der Waals surface area (Å²) in [6, 6.07) is 4.43. The summed E-state index contributed by atoms with van der Waals surface area (Å²) < 4.78 is 4.97. The van der Waals surface area contributed by atoms with E-state index in [0.717, 1.165) is 0 Å². The highest BCUT2D eigenvalue weighted by molar-refractivity contribution is 7.10. The fourth-order valence-corrected chi connectivity index (χ4v) is 2.18. The van der Waals surface area contributed by atoms with Crippen molar-refractivity contribution < 1.29 is 9.84 Å². The molecule has 0 aliphatic heterocycles. The summed E-state index contributed by atoms with van der Waals surface area (Å²) in [4.78, 5) is 1.29. The maximum absolute atomic E-state index is 10.1. The quantitative estimate of drug-likeness (QED) is 0.771. The van der Waals surface area contributed by atoms with E-state index in [1.165, 1.54) is 4.88 Å². The Morgan fingerprint density at radius 2 is 2.38 bits per heavy atom. The van der Waals surface area contributed by atoms with Crippen LogP contribution in [-0.4, -0.2) is 31.0 Å². The van der Waals surface area contributed by atoms with Crippen LogP contribution in [-0.2, 0) is 4.74 Å². The fourth-order valence-electron chi connectivity index (χ4n) is 1.42. The number of hydrogen-bond donors (Lipinski definition) is 2. The van der Waals surface area contributed by atoms with E-state index in [1.54, 1.807) is 18.4 Å². The van der Waals surface area contributed by atoms with Crippen LogP contribution in [0.2, 0.25) is 0 Å². The molecule has 0 aliphatic carbocycles. The van der Waals surface area contributed by atoms with Crippen molar-refractivity contribution in [1.82, 2.24) is 5.32 Å².